The highest BCUT2D eigenvalue weighted by molar-refractivity contribution is 6.28. The van der Waals surface area contributed by atoms with Crippen molar-refractivity contribution in [3.8, 4) is 0 Å². The Morgan fingerprint density at radius 1 is 1.05 bits per heavy atom. The number of halogens is 1. The number of benzene rings is 2. The number of amides is 1. The Hall–Kier alpha value is -3.57. The first kappa shape index (κ1) is 29.9. The minimum atomic E-state index is -1.16. The van der Waals surface area contributed by atoms with E-state index in [-0.39, 0.29) is 42.2 Å². The van der Waals surface area contributed by atoms with E-state index in [0.29, 0.717) is 23.5 Å². The van der Waals surface area contributed by atoms with Crippen molar-refractivity contribution in [3.63, 3.8) is 0 Å². The Morgan fingerprint density at radius 2 is 1.69 bits per heavy atom. The fourth-order valence-corrected chi connectivity index (χ4v) is 5.57. The van der Waals surface area contributed by atoms with Gasteiger partial charge in [0.2, 0.25) is 11.2 Å². The second kappa shape index (κ2) is 12.7. The molecule has 1 saturated carbocycles. The van der Waals surface area contributed by atoms with E-state index in [2.05, 4.69) is 49.9 Å². The molecule has 222 valence electrons. The number of anilines is 1. The largest absolute Gasteiger partial charge is 0.388 e. The second-order valence-corrected chi connectivity index (χ2v) is 11.9. The molecular weight excluding hydrogens is 556 g/mol. The minimum absolute atomic E-state index is 0.0273. The highest BCUT2D eigenvalue weighted by Crippen LogP contribution is 2.35. The van der Waals surface area contributed by atoms with Crippen molar-refractivity contribution in [3.05, 3.63) is 83.4 Å². The van der Waals surface area contributed by atoms with Gasteiger partial charge >= 0.3 is 0 Å². The first-order valence-electron chi connectivity index (χ1n) is 14.1. The zero-order valence-corrected chi connectivity index (χ0v) is 24.7. The lowest BCUT2D eigenvalue weighted by Gasteiger charge is -2.20. The molecule has 42 heavy (non-hydrogen) atoms. The summed E-state index contributed by atoms with van der Waals surface area (Å²) in [5, 5.41) is 28.0. The van der Waals surface area contributed by atoms with E-state index >= 15 is 0 Å². The van der Waals surface area contributed by atoms with Crippen LogP contribution in [0.3, 0.4) is 0 Å². The quantitative estimate of drug-likeness (QED) is 0.202. The average Bonchev–Trinajstić information content (AvgIpc) is 3.49. The predicted octanol–water partition coefficient (Wildman–Crippen LogP) is 4.08. The fourth-order valence-electron chi connectivity index (χ4n) is 5.41. The second-order valence-electron chi connectivity index (χ2n) is 11.6. The normalized spacial score (nSPS) is 20.7. The molecule has 4 atom stereocenters. The summed E-state index contributed by atoms with van der Waals surface area (Å²) in [5.41, 5.74) is 2.87. The molecule has 0 radical (unpaired) electrons. The Balaban J connectivity index is 1.33. The van der Waals surface area contributed by atoms with Crippen molar-refractivity contribution >= 4 is 34.5 Å². The van der Waals surface area contributed by atoms with E-state index in [1.807, 2.05) is 57.2 Å². The number of nitrogens with one attached hydrogen (secondary N) is 2. The number of hydrogen-bond acceptors (Lipinski definition) is 8. The molecule has 4 unspecified atom stereocenters. The van der Waals surface area contributed by atoms with Crippen LogP contribution in [0.5, 0.6) is 0 Å². The first-order chi connectivity index (χ1) is 20.1. The van der Waals surface area contributed by atoms with E-state index < -0.39 is 24.3 Å². The predicted molar refractivity (Wildman–Crippen MR) is 161 cm³/mol. The maximum Gasteiger partial charge on any atom is 0.226 e. The number of hydrogen-bond donors (Lipinski definition) is 4. The van der Waals surface area contributed by atoms with Crippen LogP contribution in [0.1, 0.15) is 56.7 Å². The van der Waals surface area contributed by atoms with E-state index in [1.165, 1.54) is 0 Å². The van der Waals surface area contributed by atoms with Gasteiger partial charge in [0.15, 0.2) is 17.0 Å². The number of aliphatic hydroxyl groups is 2. The van der Waals surface area contributed by atoms with Gasteiger partial charge in [-0.1, -0.05) is 60.7 Å². The van der Waals surface area contributed by atoms with E-state index in [0.717, 1.165) is 11.1 Å². The summed E-state index contributed by atoms with van der Waals surface area (Å²) in [6.07, 6.45) is -0.306. The summed E-state index contributed by atoms with van der Waals surface area (Å²) in [6, 6.07) is 19.2. The summed E-state index contributed by atoms with van der Waals surface area (Å²) in [5.74, 6) is 0.260. The SMILES string of the molecule is CC(C)(C)OCCC(=O)NC1CC(n2cnc3c(NCC(c4ccccc4)c4ccccc4)nc(Cl)nc32)C(O)C1O. The zero-order valence-electron chi connectivity index (χ0n) is 23.9. The molecular formula is C31H37ClN6O4. The molecule has 4 aromatic rings. The van der Waals surface area contributed by atoms with Crippen LogP contribution in [-0.4, -0.2) is 72.6 Å². The van der Waals surface area contributed by atoms with Gasteiger partial charge in [0.25, 0.3) is 0 Å². The Labute approximate surface area is 250 Å². The van der Waals surface area contributed by atoms with Gasteiger partial charge in [-0.25, -0.2) is 4.98 Å². The molecule has 1 aliphatic carbocycles. The minimum Gasteiger partial charge on any atom is -0.388 e. The Kier molecular flexibility index (Phi) is 9.08. The first-order valence-corrected chi connectivity index (χ1v) is 14.5. The lowest BCUT2D eigenvalue weighted by atomic mass is 9.91. The number of carbonyl (C=O) groups is 1. The van der Waals surface area contributed by atoms with Gasteiger partial charge in [0, 0.05) is 18.9 Å². The third-order valence-electron chi connectivity index (χ3n) is 7.49. The molecule has 4 N–H and O–H groups in total. The van der Waals surface area contributed by atoms with Crippen molar-refractivity contribution in [2.45, 2.75) is 69.4 Å². The van der Waals surface area contributed by atoms with Crippen LogP contribution in [0.4, 0.5) is 5.82 Å². The maximum atomic E-state index is 12.5. The molecule has 2 aromatic heterocycles. The summed E-state index contributed by atoms with van der Waals surface area (Å²) in [4.78, 5) is 25.9. The van der Waals surface area contributed by atoms with Gasteiger partial charge in [0.05, 0.1) is 30.6 Å². The van der Waals surface area contributed by atoms with Crippen LogP contribution >= 0.6 is 11.6 Å². The molecule has 10 nitrogen and oxygen atoms in total. The number of fused-ring (bicyclic) bond motifs is 1. The van der Waals surface area contributed by atoms with Crippen molar-refractivity contribution in [1.29, 1.82) is 0 Å². The molecule has 0 bridgehead atoms. The molecule has 2 heterocycles. The van der Waals surface area contributed by atoms with Gasteiger partial charge in [-0.15, -0.1) is 0 Å². The smallest absolute Gasteiger partial charge is 0.226 e. The van der Waals surface area contributed by atoms with E-state index in [9.17, 15) is 15.0 Å². The summed E-state index contributed by atoms with van der Waals surface area (Å²) < 4.78 is 7.33. The van der Waals surface area contributed by atoms with Crippen LogP contribution < -0.4 is 10.6 Å². The van der Waals surface area contributed by atoms with E-state index in [4.69, 9.17) is 16.3 Å². The standard InChI is InChI=1S/C31H37ClN6O4/c1-31(2,3)42-15-14-24(39)35-22-16-23(27(41)26(22)40)38-18-34-25-28(36-30(32)37-29(25)38)33-17-21(19-10-6-4-7-11-19)20-12-8-5-9-13-20/h4-13,18,21-23,26-27,40-41H,14-17H2,1-3H3,(H,35,39)(H,33,36,37). The number of aliphatic hydroxyl groups excluding tert-OH is 2. The third-order valence-corrected chi connectivity index (χ3v) is 7.66. The molecule has 0 saturated heterocycles. The monoisotopic (exact) mass is 592 g/mol. The molecule has 1 aliphatic rings. The van der Waals surface area contributed by atoms with Crippen molar-refractivity contribution < 1.29 is 19.7 Å². The maximum absolute atomic E-state index is 12.5. The highest BCUT2D eigenvalue weighted by atomic mass is 35.5. The summed E-state index contributed by atoms with van der Waals surface area (Å²) in [6.45, 7) is 6.55. The van der Waals surface area contributed by atoms with Crippen LogP contribution in [-0.2, 0) is 9.53 Å². The molecule has 1 amide bonds. The Bertz CT molecular complexity index is 1450. The topological polar surface area (TPSA) is 134 Å². The van der Waals surface area contributed by atoms with Crippen molar-refractivity contribution in [2.24, 2.45) is 0 Å². The number of rotatable bonds is 10. The molecule has 0 aliphatic heterocycles. The van der Waals surface area contributed by atoms with Crippen LogP contribution in [0.15, 0.2) is 67.0 Å². The number of aromatic nitrogens is 4. The molecule has 2 aromatic carbocycles. The fraction of sp³-hybridized carbons (Fsp3) is 0.419. The van der Waals surface area contributed by atoms with Crippen LogP contribution in [0.25, 0.3) is 11.2 Å². The number of imidazole rings is 1. The van der Waals surface area contributed by atoms with Gasteiger partial charge in [-0.2, -0.15) is 9.97 Å². The van der Waals surface area contributed by atoms with E-state index in [1.54, 1.807) is 10.9 Å². The lowest BCUT2D eigenvalue weighted by molar-refractivity contribution is -0.124. The van der Waals surface area contributed by atoms with Crippen molar-refractivity contribution in [1.82, 2.24) is 24.8 Å². The van der Waals surface area contributed by atoms with Crippen LogP contribution in [0.2, 0.25) is 5.28 Å². The molecule has 1 fully saturated rings. The van der Waals surface area contributed by atoms with Gasteiger partial charge in [-0.3, -0.25) is 4.79 Å². The van der Waals surface area contributed by atoms with Gasteiger partial charge < -0.3 is 30.2 Å². The van der Waals surface area contributed by atoms with Gasteiger partial charge in [-0.05, 0) is 49.9 Å². The third kappa shape index (κ3) is 6.90. The highest BCUT2D eigenvalue weighted by Gasteiger charge is 2.43. The van der Waals surface area contributed by atoms with Crippen molar-refractivity contribution in [2.75, 3.05) is 18.5 Å². The average molecular weight is 593 g/mol. The molecule has 11 heteroatoms. The Morgan fingerprint density at radius 3 is 2.31 bits per heavy atom. The summed E-state index contributed by atoms with van der Waals surface area (Å²) >= 11 is 6.37. The summed E-state index contributed by atoms with van der Waals surface area (Å²) in [7, 11) is 0. The lowest BCUT2D eigenvalue weighted by Crippen LogP contribution is -2.43. The number of ether oxygens (including phenoxy) is 1. The molecule has 5 rings (SSSR count). The van der Waals surface area contributed by atoms with Crippen LogP contribution in [0, 0.1) is 0 Å². The number of nitrogens with zero attached hydrogens (tertiary/aromatic N) is 4. The zero-order chi connectivity index (χ0) is 29.9. The number of carbonyl (C=O) groups excluding carboxylic acids is 1. The van der Waals surface area contributed by atoms with Gasteiger partial charge in [0.1, 0.15) is 12.2 Å². The molecule has 0 spiro atoms.